The number of esters is 1. The summed E-state index contributed by atoms with van der Waals surface area (Å²) in [6.45, 7) is 8.22. The Hall–Kier alpha value is -1.33. The van der Waals surface area contributed by atoms with E-state index in [0.29, 0.717) is 0 Å². The van der Waals surface area contributed by atoms with E-state index < -0.39 is 0 Å². The highest BCUT2D eigenvalue weighted by Gasteiger charge is 2.51. The van der Waals surface area contributed by atoms with Gasteiger partial charge in [-0.15, -0.1) is 0 Å². The topological polar surface area (TPSA) is 44.8 Å². The molecule has 1 aliphatic carbocycles. The van der Waals surface area contributed by atoms with Gasteiger partial charge in [0, 0.05) is 0 Å². The number of methoxy groups -OCH3 is 1. The minimum absolute atomic E-state index is 0.143. The van der Waals surface area contributed by atoms with Gasteiger partial charge in [-0.3, -0.25) is 4.79 Å². The van der Waals surface area contributed by atoms with Gasteiger partial charge in [0.1, 0.15) is 0 Å². The summed E-state index contributed by atoms with van der Waals surface area (Å²) in [5.41, 5.74) is 2.62. The van der Waals surface area contributed by atoms with Crippen LogP contribution in [0.1, 0.15) is 57.6 Å². The van der Waals surface area contributed by atoms with Crippen LogP contribution in [0.15, 0.2) is 18.2 Å². The predicted molar refractivity (Wildman–Crippen MR) is 89.9 cm³/mol. The number of carbonyl (C=O) groups is 1. The average molecular weight is 316 g/mol. The second-order valence-corrected chi connectivity index (χ2v) is 7.51. The molecule has 1 aromatic rings. The molecule has 1 saturated heterocycles. The molecule has 23 heavy (non-hydrogen) atoms. The zero-order valence-electron chi connectivity index (χ0n) is 14.6. The Morgan fingerprint density at radius 2 is 1.87 bits per heavy atom. The summed E-state index contributed by atoms with van der Waals surface area (Å²) < 4.78 is 17.2. The third-order valence-corrected chi connectivity index (χ3v) is 5.49. The fourth-order valence-corrected chi connectivity index (χ4v) is 3.35. The van der Waals surface area contributed by atoms with Gasteiger partial charge in [0.25, 0.3) is 0 Å². The van der Waals surface area contributed by atoms with Crippen LogP contribution in [-0.4, -0.2) is 31.4 Å². The van der Waals surface area contributed by atoms with Gasteiger partial charge in [-0.2, -0.15) is 0 Å². The first-order valence-electron chi connectivity index (χ1n) is 8.31. The molecule has 0 bridgehead atoms. The number of fused-ring (bicyclic) bond motifs is 1. The maximum absolute atomic E-state index is 12.0. The van der Waals surface area contributed by atoms with Crippen LogP contribution in [0.25, 0.3) is 0 Å². The molecule has 5 heteroatoms. The van der Waals surface area contributed by atoms with Crippen LogP contribution < -0.4 is 5.46 Å². The van der Waals surface area contributed by atoms with Crippen LogP contribution in [-0.2, 0) is 25.3 Å². The Bertz CT molecular complexity index is 607. The molecule has 0 radical (unpaired) electrons. The Balaban J connectivity index is 1.89. The van der Waals surface area contributed by atoms with Gasteiger partial charge in [-0.05, 0) is 63.5 Å². The van der Waals surface area contributed by atoms with Crippen LogP contribution in [0.3, 0.4) is 0 Å². The van der Waals surface area contributed by atoms with E-state index in [-0.39, 0.29) is 30.2 Å². The number of ether oxygens (including phenoxy) is 1. The normalized spacial score (nSPS) is 25.1. The average Bonchev–Trinajstić information content (AvgIpc) is 2.73. The van der Waals surface area contributed by atoms with Gasteiger partial charge in [-0.1, -0.05) is 18.2 Å². The van der Waals surface area contributed by atoms with E-state index in [0.717, 1.165) is 30.3 Å². The molecule has 1 aliphatic heterocycles. The summed E-state index contributed by atoms with van der Waals surface area (Å²) in [4.78, 5) is 12.0. The van der Waals surface area contributed by atoms with E-state index in [1.807, 2.05) is 12.1 Å². The van der Waals surface area contributed by atoms with Crippen molar-refractivity contribution in [3.05, 3.63) is 29.3 Å². The third kappa shape index (κ3) is 2.81. The highest BCUT2D eigenvalue weighted by Crippen LogP contribution is 2.37. The lowest BCUT2D eigenvalue weighted by Crippen LogP contribution is -2.41. The summed E-state index contributed by atoms with van der Waals surface area (Å²) in [6.07, 6.45) is 2.84. The number of aryl methyl sites for hydroxylation is 1. The smallest absolute Gasteiger partial charge is 0.469 e. The Kier molecular flexibility index (Phi) is 4.05. The lowest BCUT2D eigenvalue weighted by atomic mass is 9.74. The predicted octanol–water partition coefficient (Wildman–Crippen LogP) is 2.58. The van der Waals surface area contributed by atoms with Crippen LogP contribution in [0.4, 0.5) is 0 Å². The number of rotatable bonds is 2. The summed E-state index contributed by atoms with van der Waals surface area (Å²) in [6, 6.07) is 6.19. The Labute approximate surface area is 138 Å². The van der Waals surface area contributed by atoms with Crippen molar-refractivity contribution in [1.82, 2.24) is 0 Å². The van der Waals surface area contributed by atoms with Gasteiger partial charge in [0.05, 0.1) is 24.2 Å². The number of hydrogen-bond acceptors (Lipinski definition) is 4. The largest absolute Gasteiger partial charge is 0.494 e. The van der Waals surface area contributed by atoms with E-state index in [4.69, 9.17) is 14.0 Å². The maximum Gasteiger partial charge on any atom is 0.494 e. The van der Waals surface area contributed by atoms with E-state index in [1.165, 1.54) is 12.7 Å². The molecule has 0 spiro atoms. The molecule has 1 atom stereocenters. The standard InChI is InChI=1S/C18H25BO4/c1-17(2)18(3,4)23-19(22-17)13-9-10-14-12(11-13)7-6-8-15(14)16(20)21-5/h9-11,15H,6-8H2,1-5H3. The molecule has 1 heterocycles. The summed E-state index contributed by atoms with van der Waals surface area (Å²) >= 11 is 0. The van der Waals surface area contributed by atoms with Gasteiger partial charge in [0.15, 0.2) is 0 Å². The van der Waals surface area contributed by atoms with Gasteiger partial charge >= 0.3 is 13.1 Å². The third-order valence-electron chi connectivity index (χ3n) is 5.49. The van der Waals surface area contributed by atoms with Crippen molar-refractivity contribution in [2.24, 2.45) is 0 Å². The van der Waals surface area contributed by atoms with E-state index in [2.05, 4.69) is 33.8 Å². The van der Waals surface area contributed by atoms with Crippen LogP contribution in [0.2, 0.25) is 0 Å². The van der Waals surface area contributed by atoms with Gasteiger partial charge in [0.2, 0.25) is 0 Å². The Morgan fingerprint density at radius 3 is 2.48 bits per heavy atom. The lowest BCUT2D eigenvalue weighted by Gasteiger charge is -2.32. The molecule has 0 N–H and O–H groups in total. The van der Waals surface area contributed by atoms with Crippen LogP contribution in [0.5, 0.6) is 0 Å². The van der Waals surface area contributed by atoms with Crippen LogP contribution in [0, 0.1) is 0 Å². The summed E-state index contributed by atoms with van der Waals surface area (Å²) in [5.74, 6) is -0.287. The van der Waals surface area contributed by atoms with E-state index >= 15 is 0 Å². The van der Waals surface area contributed by atoms with Gasteiger partial charge < -0.3 is 14.0 Å². The molecule has 0 aromatic heterocycles. The molecule has 0 amide bonds. The number of hydrogen-bond donors (Lipinski definition) is 0. The fraction of sp³-hybridized carbons (Fsp3) is 0.611. The first kappa shape index (κ1) is 16.5. The SMILES string of the molecule is COC(=O)C1CCCc2cc(B3OC(C)(C)C(C)(C)O3)ccc21. The molecule has 1 unspecified atom stereocenters. The molecule has 0 saturated carbocycles. The lowest BCUT2D eigenvalue weighted by molar-refractivity contribution is -0.142. The minimum Gasteiger partial charge on any atom is -0.469 e. The monoisotopic (exact) mass is 316 g/mol. The van der Waals surface area contributed by atoms with Crippen molar-refractivity contribution in [3.63, 3.8) is 0 Å². The van der Waals surface area contributed by atoms with Gasteiger partial charge in [-0.25, -0.2) is 0 Å². The van der Waals surface area contributed by atoms with Crippen molar-refractivity contribution in [2.75, 3.05) is 7.11 Å². The molecule has 124 valence electrons. The molecular formula is C18H25BO4. The molecule has 2 aliphatic rings. The number of benzene rings is 1. The zero-order chi connectivity index (χ0) is 16.8. The van der Waals surface area contributed by atoms with Crippen molar-refractivity contribution in [2.45, 2.75) is 64.1 Å². The number of carbonyl (C=O) groups excluding carboxylic acids is 1. The minimum atomic E-state index is -0.358. The van der Waals surface area contributed by atoms with Crippen molar-refractivity contribution < 1.29 is 18.8 Å². The first-order chi connectivity index (χ1) is 10.7. The second kappa shape index (κ2) is 5.64. The van der Waals surface area contributed by atoms with Crippen molar-refractivity contribution >= 4 is 18.6 Å². The van der Waals surface area contributed by atoms with E-state index in [1.54, 1.807) is 0 Å². The Morgan fingerprint density at radius 1 is 1.22 bits per heavy atom. The highest BCUT2D eigenvalue weighted by molar-refractivity contribution is 6.62. The molecule has 1 fully saturated rings. The van der Waals surface area contributed by atoms with Crippen LogP contribution >= 0.6 is 0 Å². The summed E-state index contributed by atoms with van der Waals surface area (Å²) in [7, 11) is 1.10. The first-order valence-corrected chi connectivity index (χ1v) is 8.31. The van der Waals surface area contributed by atoms with E-state index in [9.17, 15) is 4.79 Å². The van der Waals surface area contributed by atoms with Crippen molar-refractivity contribution in [3.8, 4) is 0 Å². The molecule has 4 nitrogen and oxygen atoms in total. The molecule has 3 rings (SSSR count). The molecule has 1 aromatic carbocycles. The zero-order valence-corrected chi connectivity index (χ0v) is 14.6. The maximum atomic E-state index is 12.0. The molecular weight excluding hydrogens is 291 g/mol. The summed E-state index contributed by atoms with van der Waals surface area (Å²) in [5, 5.41) is 0. The highest BCUT2D eigenvalue weighted by atomic mass is 16.7. The second-order valence-electron chi connectivity index (χ2n) is 7.51. The quantitative estimate of drug-likeness (QED) is 0.621. The van der Waals surface area contributed by atoms with Crippen molar-refractivity contribution in [1.29, 1.82) is 0 Å². The fourth-order valence-electron chi connectivity index (χ4n) is 3.35.